The minimum Gasteiger partial charge on any atom is -0.481 e. The number of hydrogen-bond donors (Lipinski definition) is 1. The number of carbonyl (C=O) groups excluding carboxylic acids is 1. The lowest BCUT2D eigenvalue weighted by molar-refractivity contribution is -0.145. The average molecular weight is 210 g/mol. The molecule has 0 bridgehead atoms. The first-order valence-electron chi connectivity index (χ1n) is 4.56. The standard InChI is InChI=1S/C10H10O5/c1-5-2-3-7(14-5)9-6(10(12)13)4-8(11)15-9/h2-3,6,9H,4H2,1H3,(H,12,13)/t6-,9-/m1/s1. The van der Waals surface area contributed by atoms with Crippen molar-refractivity contribution >= 4 is 11.9 Å². The lowest BCUT2D eigenvalue weighted by Crippen LogP contribution is -2.17. The fourth-order valence-corrected chi connectivity index (χ4v) is 1.64. The molecule has 1 N–H and O–H groups in total. The Labute approximate surface area is 85.6 Å². The quantitative estimate of drug-likeness (QED) is 0.744. The molecule has 1 aliphatic rings. The van der Waals surface area contributed by atoms with Gasteiger partial charge in [0, 0.05) is 0 Å². The largest absolute Gasteiger partial charge is 0.481 e. The molecule has 1 aliphatic heterocycles. The third-order valence-electron chi connectivity index (χ3n) is 2.37. The number of furan rings is 1. The molecule has 80 valence electrons. The fraction of sp³-hybridized carbons (Fsp3) is 0.400. The van der Waals surface area contributed by atoms with Gasteiger partial charge in [-0.3, -0.25) is 9.59 Å². The number of hydrogen-bond acceptors (Lipinski definition) is 4. The van der Waals surface area contributed by atoms with Crippen LogP contribution in [0.5, 0.6) is 0 Å². The van der Waals surface area contributed by atoms with Crippen LogP contribution >= 0.6 is 0 Å². The maximum atomic E-state index is 11.0. The van der Waals surface area contributed by atoms with E-state index >= 15 is 0 Å². The van der Waals surface area contributed by atoms with Crippen LogP contribution in [0.1, 0.15) is 24.0 Å². The van der Waals surface area contributed by atoms with Gasteiger partial charge in [0.1, 0.15) is 17.4 Å². The van der Waals surface area contributed by atoms with Crippen LogP contribution in [-0.2, 0) is 14.3 Å². The summed E-state index contributed by atoms with van der Waals surface area (Å²) in [6, 6.07) is 3.34. The van der Waals surface area contributed by atoms with E-state index in [0.29, 0.717) is 11.5 Å². The van der Waals surface area contributed by atoms with Crippen LogP contribution in [0.15, 0.2) is 16.5 Å². The molecule has 0 saturated carbocycles. The second-order valence-corrected chi connectivity index (χ2v) is 3.51. The molecule has 0 unspecified atom stereocenters. The van der Waals surface area contributed by atoms with Crippen molar-refractivity contribution in [1.82, 2.24) is 0 Å². The second-order valence-electron chi connectivity index (χ2n) is 3.51. The molecule has 0 spiro atoms. The highest BCUT2D eigenvalue weighted by Gasteiger charge is 2.42. The van der Waals surface area contributed by atoms with Gasteiger partial charge >= 0.3 is 11.9 Å². The Bertz CT molecular complexity index is 406. The summed E-state index contributed by atoms with van der Waals surface area (Å²) in [7, 11) is 0. The number of carbonyl (C=O) groups is 2. The van der Waals surface area contributed by atoms with E-state index in [1.54, 1.807) is 19.1 Å². The summed E-state index contributed by atoms with van der Waals surface area (Å²) in [4.78, 5) is 21.9. The summed E-state index contributed by atoms with van der Waals surface area (Å²) in [5, 5.41) is 8.90. The van der Waals surface area contributed by atoms with Crippen LogP contribution in [-0.4, -0.2) is 17.0 Å². The van der Waals surface area contributed by atoms with Crippen LogP contribution in [0.4, 0.5) is 0 Å². The maximum Gasteiger partial charge on any atom is 0.311 e. The number of ether oxygens (including phenoxy) is 1. The van der Waals surface area contributed by atoms with Gasteiger partial charge in [-0.05, 0) is 19.1 Å². The highest BCUT2D eigenvalue weighted by molar-refractivity contribution is 5.82. The molecular formula is C10H10O5. The Kier molecular flexibility index (Phi) is 2.22. The zero-order valence-electron chi connectivity index (χ0n) is 8.10. The summed E-state index contributed by atoms with van der Waals surface area (Å²) in [6.45, 7) is 1.75. The summed E-state index contributed by atoms with van der Waals surface area (Å²) in [5.74, 6) is -1.33. The normalized spacial score (nSPS) is 25.3. The molecule has 0 radical (unpaired) electrons. The maximum absolute atomic E-state index is 11.0. The molecule has 1 aromatic rings. The number of aliphatic carboxylic acids is 1. The number of carboxylic acid groups (broad SMARTS) is 1. The van der Waals surface area contributed by atoms with E-state index in [4.69, 9.17) is 14.3 Å². The van der Waals surface area contributed by atoms with E-state index in [1.807, 2.05) is 0 Å². The van der Waals surface area contributed by atoms with E-state index in [0.717, 1.165) is 0 Å². The molecule has 2 atom stereocenters. The third kappa shape index (κ3) is 1.72. The first-order chi connectivity index (χ1) is 7.08. The van der Waals surface area contributed by atoms with Crippen LogP contribution in [0.2, 0.25) is 0 Å². The topological polar surface area (TPSA) is 76.7 Å². The Hall–Kier alpha value is -1.78. The number of rotatable bonds is 2. The molecule has 0 amide bonds. The molecule has 0 aliphatic carbocycles. The van der Waals surface area contributed by atoms with Crippen molar-refractivity contribution in [2.45, 2.75) is 19.4 Å². The number of carboxylic acids is 1. The SMILES string of the molecule is Cc1ccc([C@@H]2OC(=O)C[C@H]2C(=O)O)o1. The van der Waals surface area contributed by atoms with Gasteiger partial charge in [-0.1, -0.05) is 0 Å². The number of cyclic esters (lactones) is 1. The van der Waals surface area contributed by atoms with Crippen molar-refractivity contribution in [3.05, 3.63) is 23.7 Å². The molecule has 1 saturated heterocycles. The first-order valence-corrected chi connectivity index (χ1v) is 4.56. The van der Waals surface area contributed by atoms with Crippen LogP contribution in [0.25, 0.3) is 0 Å². The zero-order chi connectivity index (χ0) is 11.0. The Morgan fingerprint density at radius 2 is 2.27 bits per heavy atom. The van der Waals surface area contributed by atoms with Crippen molar-refractivity contribution < 1.29 is 23.8 Å². The van der Waals surface area contributed by atoms with E-state index in [9.17, 15) is 9.59 Å². The predicted octanol–water partition coefficient (Wildman–Crippen LogP) is 1.28. The van der Waals surface area contributed by atoms with Crippen molar-refractivity contribution in [3.63, 3.8) is 0 Å². The average Bonchev–Trinajstić information content (AvgIpc) is 2.71. The Morgan fingerprint density at radius 1 is 1.53 bits per heavy atom. The van der Waals surface area contributed by atoms with Gasteiger partial charge in [0.2, 0.25) is 0 Å². The minimum atomic E-state index is -1.04. The van der Waals surface area contributed by atoms with Crippen molar-refractivity contribution in [2.24, 2.45) is 5.92 Å². The van der Waals surface area contributed by atoms with Crippen LogP contribution in [0.3, 0.4) is 0 Å². The number of aryl methyl sites for hydroxylation is 1. The molecule has 2 rings (SSSR count). The van der Waals surface area contributed by atoms with Crippen molar-refractivity contribution in [3.8, 4) is 0 Å². The van der Waals surface area contributed by atoms with E-state index in [1.165, 1.54) is 0 Å². The molecule has 5 nitrogen and oxygen atoms in total. The van der Waals surface area contributed by atoms with E-state index in [-0.39, 0.29) is 6.42 Å². The van der Waals surface area contributed by atoms with Gasteiger partial charge in [0.05, 0.1) is 6.42 Å². The van der Waals surface area contributed by atoms with Gasteiger partial charge in [0.15, 0.2) is 6.10 Å². The van der Waals surface area contributed by atoms with Gasteiger partial charge in [-0.2, -0.15) is 0 Å². The molecule has 1 aromatic heterocycles. The summed E-state index contributed by atoms with van der Waals surface area (Å²) in [6.07, 6.45) is -0.886. The lowest BCUT2D eigenvalue weighted by Gasteiger charge is -2.10. The van der Waals surface area contributed by atoms with E-state index in [2.05, 4.69) is 0 Å². The molecule has 0 aromatic carbocycles. The number of esters is 1. The molecular weight excluding hydrogens is 200 g/mol. The molecule has 5 heteroatoms. The van der Waals surface area contributed by atoms with Gasteiger partial charge in [-0.15, -0.1) is 0 Å². The summed E-state index contributed by atoms with van der Waals surface area (Å²) >= 11 is 0. The van der Waals surface area contributed by atoms with E-state index < -0.39 is 24.0 Å². The smallest absolute Gasteiger partial charge is 0.311 e. The Balaban J connectivity index is 2.27. The summed E-state index contributed by atoms with van der Waals surface area (Å²) < 4.78 is 10.2. The highest BCUT2D eigenvalue weighted by Crippen LogP contribution is 2.36. The van der Waals surface area contributed by atoms with Crippen LogP contribution < -0.4 is 0 Å². The van der Waals surface area contributed by atoms with Gasteiger partial charge in [0.25, 0.3) is 0 Å². The van der Waals surface area contributed by atoms with Gasteiger partial charge < -0.3 is 14.3 Å². The molecule has 15 heavy (non-hydrogen) atoms. The van der Waals surface area contributed by atoms with Crippen LogP contribution in [0, 0.1) is 12.8 Å². The summed E-state index contributed by atoms with van der Waals surface area (Å²) in [5.41, 5.74) is 0. The third-order valence-corrected chi connectivity index (χ3v) is 2.37. The fourth-order valence-electron chi connectivity index (χ4n) is 1.64. The predicted molar refractivity (Wildman–Crippen MR) is 48.0 cm³/mol. The van der Waals surface area contributed by atoms with Gasteiger partial charge in [-0.25, -0.2) is 0 Å². The van der Waals surface area contributed by atoms with Crippen molar-refractivity contribution in [2.75, 3.05) is 0 Å². The first kappa shape index (κ1) is 9.76. The molecule has 2 heterocycles. The zero-order valence-corrected chi connectivity index (χ0v) is 8.10. The minimum absolute atomic E-state index is 0.0975. The highest BCUT2D eigenvalue weighted by atomic mass is 16.6. The second kappa shape index (κ2) is 3.42. The molecule has 1 fully saturated rings. The Morgan fingerprint density at radius 3 is 2.80 bits per heavy atom. The van der Waals surface area contributed by atoms with Crippen molar-refractivity contribution in [1.29, 1.82) is 0 Å². The lowest BCUT2D eigenvalue weighted by atomic mass is 10.00. The monoisotopic (exact) mass is 210 g/mol.